The SMILES string of the molecule is COc1cc2ncnc(Nc3cccc(Br)c3)c2cc1OCCCCl. The molecule has 1 N–H and O–H groups in total. The van der Waals surface area contributed by atoms with Crippen molar-refractivity contribution in [1.29, 1.82) is 0 Å². The van der Waals surface area contributed by atoms with E-state index in [9.17, 15) is 0 Å². The lowest BCUT2D eigenvalue weighted by molar-refractivity contribution is 0.295. The van der Waals surface area contributed by atoms with Gasteiger partial charge >= 0.3 is 0 Å². The normalized spacial score (nSPS) is 10.7. The Morgan fingerprint density at radius 3 is 2.80 bits per heavy atom. The van der Waals surface area contributed by atoms with E-state index in [0.29, 0.717) is 29.8 Å². The molecular formula is C18H17BrClN3O2. The first-order chi connectivity index (χ1) is 12.2. The number of methoxy groups -OCH3 is 1. The third-order valence-corrected chi connectivity index (χ3v) is 4.30. The summed E-state index contributed by atoms with van der Waals surface area (Å²) in [7, 11) is 1.61. The van der Waals surface area contributed by atoms with Gasteiger partial charge in [-0.3, -0.25) is 0 Å². The summed E-state index contributed by atoms with van der Waals surface area (Å²) in [5.41, 5.74) is 1.70. The second-order valence-electron chi connectivity index (χ2n) is 5.27. The van der Waals surface area contributed by atoms with Gasteiger partial charge in [0.2, 0.25) is 0 Å². The van der Waals surface area contributed by atoms with Crippen molar-refractivity contribution in [3.8, 4) is 11.5 Å². The monoisotopic (exact) mass is 421 g/mol. The van der Waals surface area contributed by atoms with Crippen molar-refractivity contribution in [3.63, 3.8) is 0 Å². The van der Waals surface area contributed by atoms with Gasteiger partial charge in [0.05, 0.1) is 19.2 Å². The van der Waals surface area contributed by atoms with Gasteiger partial charge < -0.3 is 14.8 Å². The fraction of sp³-hybridized carbons (Fsp3) is 0.222. The largest absolute Gasteiger partial charge is 0.493 e. The van der Waals surface area contributed by atoms with E-state index in [4.69, 9.17) is 21.1 Å². The molecule has 0 aliphatic rings. The van der Waals surface area contributed by atoms with Crippen molar-refractivity contribution in [2.24, 2.45) is 0 Å². The summed E-state index contributed by atoms with van der Waals surface area (Å²) in [5.74, 6) is 2.53. The minimum absolute atomic E-state index is 0.521. The molecular weight excluding hydrogens is 406 g/mol. The lowest BCUT2D eigenvalue weighted by Gasteiger charge is -2.13. The van der Waals surface area contributed by atoms with Crippen LogP contribution in [-0.2, 0) is 0 Å². The molecule has 0 aliphatic heterocycles. The number of benzene rings is 2. The van der Waals surface area contributed by atoms with Crippen molar-refractivity contribution in [3.05, 3.63) is 47.2 Å². The molecule has 0 aliphatic carbocycles. The summed E-state index contributed by atoms with van der Waals surface area (Å²) >= 11 is 9.19. The quantitative estimate of drug-likeness (QED) is 0.421. The summed E-state index contributed by atoms with van der Waals surface area (Å²) in [6.45, 7) is 0.521. The smallest absolute Gasteiger partial charge is 0.162 e. The van der Waals surface area contributed by atoms with E-state index in [2.05, 4.69) is 31.2 Å². The Hall–Kier alpha value is -2.05. The average molecular weight is 423 g/mol. The molecule has 25 heavy (non-hydrogen) atoms. The molecule has 1 heterocycles. The van der Waals surface area contributed by atoms with E-state index in [1.54, 1.807) is 7.11 Å². The van der Waals surface area contributed by atoms with Crippen LogP contribution in [0.3, 0.4) is 0 Å². The van der Waals surface area contributed by atoms with E-state index in [-0.39, 0.29) is 0 Å². The van der Waals surface area contributed by atoms with Gasteiger partial charge in [0.15, 0.2) is 11.5 Å². The van der Waals surface area contributed by atoms with Crippen molar-refractivity contribution >= 4 is 49.9 Å². The number of alkyl halides is 1. The number of ether oxygens (including phenoxy) is 2. The van der Waals surface area contributed by atoms with Crippen LogP contribution in [0.1, 0.15) is 6.42 Å². The highest BCUT2D eigenvalue weighted by Gasteiger charge is 2.12. The number of rotatable bonds is 7. The molecule has 0 unspecified atom stereocenters. The maximum Gasteiger partial charge on any atom is 0.162 e. The van der Waals surface area contributed by atoms with E-state index in [1.165, 1.54) is 6.33 Å². The minimum Gasteiger partial charge on any atom is -0.493 e. The predicted octanol–water partition coefficient (Wildman–Crippen LogP) is 5.15. The zero-order chi connectivity index (χ0) is 17.6. The van der Waals surface area contributed by atoms with Crippen LogP contribution < -0.4 is 14.8 Å². The number of hydrogen-bond acceptors (Lipinski definition) is 5. The van der Waals surface area contributed by atoms with Gasteiger partial charge in [-0.05, 0) is 30.7 Å². The lowest BCUT2D eigenvalue weighted by Crippen LogP contribution is -2.01. The minimum atomic E-state index is 0.521. The van der Waals surface area contributed by atoms with Crippen LogP contribution in [0, 0.1) is 0 Å². The van der Waals surface area contributed by atoms with Crippen LogP contribution >= 0.6 is 27.5 Å². The van der Waals surface area contributed by atoms with Crippen molar-refractivity contribution in [2.45, 2.75) is 6.42 Å². The molecule has 0 saturated heterocycles. The average Bonchev–Trinajstić information content (AvgIpc) is 2.62. The topological polar surface area (TPSA) is 56.3 Å². The number of hydrogen-bond donors (Lipinski definition) is 1. The first-order valence-corrected chi connectivity index (χ1v) is 9.08. The van der Waals surface area contributed by atoms with Gasteiger partial charge in [0, 0.05) is 27.5 Å². The fourth-order valence-electron chi connectivity index (χ4n) is 2.38. The number of nitrogens with one attached hydrogen (secondary N) is 1. The second-order valence-corrected chi connectivity index (χ2v) is 6.56. The molecule has 0 amide bonds. The third-order valence-electron chi connectivity index (χ3n) is 3.54. The predicted molar refractivity (Wildman–Crippen MR) is 104 cm³/mol. The van der Waals surface area contributed by atoms with E-state index >= 15 is 0 Å². The number of aromatic nitrogens is 2. The van der Waals surface area contributed by atoms with Gasteiger partial charge in [0.1, 0.15) is 12.1 Å². The Bertz CT molecular complexity index is 876. The number of halogens is 2. The molecule has 7 heteroatoms. The zero-order valence-electron chi connectivity index (χ0n) is 13.6. The van der Waals surface area contributed by atoms with Crippen LogP contribution in [0.15, 0.2) is 47.2 Å². The first-order valence-electron chi connectivity index (χ1n) is 7.75. The van der Waals surface area contributed by atoms with E-state index in [0.717, 1.165) is 27.5 Å². The fourth-order valence-corrected chi connectivity index (χ4v) is 2.88. The molecule has 130 valence electrons. The molecule has 1 aromatic heterocycles. The maximum absolute atomic E-state index is 5.80. The molecule has 0 fully saturated rings. The Morgan fingerprint density at radius 1 is 1.16 bits per heavy atom. The summed E-state index contributed by atoms with van der Waals surface area (Å²) < 4.78 is 12.2. The Balaban J connectivity index is 1.99. The molecule has 3 rings (SSSR count). The molecule has 0 bridgehead atoms. The second kappa shape index (κ2) is 8.36. The zero-order valence-corrected chi connectivity index (χ0v) is 16.0. The van der Waals surface area contributed by atoms with Crippen LogP contribution in [0.25, 0.3) is 10.9 Å². The molecule has 3 aromatic rings. The Kier molecular flexibility index (Phi) is 5.94. The molecule has 0 spiro atoms. The van der Waals surface area contributed by atoms with Crippen LogP contribution in [0.4, 0.5) is 11.5 Å². The van der Waals surface area contributed by atoms with Crippen molar-refractivity contribution < 1.29 is 9.47 Å². The van der Waals surface area contributed by atoms with Gasteiger partial charge in [-0.15, -0.1) is 11.6 Å². The summed E-state index contributed by atoms with van der Waals surface area (Å²) in [6.07, 6.45) is 2.29. The standard InChI is InChI=1S/C18H17BrClN3O2/c1-24-16-10-15-14(9-17(16)25-7-3-6-20)18(22-11-21-15)23-13-5-2-4-12(19)8-13/h2,4-5,8-11H,3,6-7H2,1H3,(H,21,22,23). The molecule has 5 nitrogen and oxygen atoms in total. The molecule has 0 saturated carbocycles. The van der Waals surface area contributed by atoms with E-state index < -0.39 is 0 Å². The number of nitrogens with zero attached hydrogens (tertiary/aromatic N) is 2. The highest BCUT2D eigenvalue weighted by atomic mass is 79.9. The number of fused-ring (bicyclic) bond motifs is 1. The van der Waals surface area contributed by atoms with Crippen LogP contribution in [0.5, 0.6) is 11.5 Å². The molecule has 0 radical (unpaired) electrons. The van der Waals surface area contributed by atoms with Gasteiger partial charge in [-0.1, -0.05) is 22.0 Å². The molecule has 2 aromatic carbocycles. The van der Waals surface area contributed by atoms with Crippen LogP contribution in [-0.4, -0.2) is 29.6 Å². The summed E-state index contributed by atoms with van der Waals surface area (Å²) in [5, 5.41) is 4.17. The lowest BCUT2D eigenvalue weighted by atomic mass is 10.2. The first kappa shape index (κ1) is 17.8. The van der Waals surface area contributed by atoms with Gasteiger partial charge in [-0.25, -0.2) is 9.97 Å². The number of anilines is 2. The summed E-state index contributed by atoms with van der Waals surface area (Å²) in [6, 6.07) is 11.6. The Morgan fingerprint density at radius 2 is 2.04 bits per heavy atom. The van der Waals surface area contributed by atoms with Crippen LogP contribution in [0.2, 0.25) is 0 Å². The van der Waals surface area contributed by atoms with Crippen molar-refractivity contribution in [1.82, 2.24) is 9.97 Å². The highest BCUT2D eigenvalue weighted by molar-refractivity contribution is 9.10. The molecule has 0 atom stereocenters. The van der Waals surface area contributed by atoms with Gasteiger partial charge in [-0.2, -0.15) is 0 Å². The van der Waals surface area contributed by atoms with Gasteiger partial charge in [0.25, 0.3) is 0 Å². The third kappa shape index (κ3) is 4.32. The summed E-state index contributed by atoms with van der Waals surface area (Å²) in [4.78, 5) is 8.70. The Labute approximate surface area is 159 Å². The van der Waals surface area contributed by atoms with E-state index in [1.807, 2.05) is 36.4 Å². The highest BCUT2D eigenvalue weighted by Crippen LogP contribution is 2.35. The van der Waals surface area contributed by atoms with Crippen molar-refractivity contribution in [2.75, 3.05) is 24.9 Å². The maximum atomic E-state index is 5.80.